The van der Waals surface area contributed by atoms with Crippen molar-refractivity contribution >= 4 is 40.0 Å². The molecule has 1 N–H and O–H groups in total. The van der Waals surface area contributed by atoms with Gasteiger partial charge >= 0.3 is 0 Å². The van der Waals surface area contributed by atoms with Crippen LogP contribution < -0.4 is 15.0 Å². The maximum Gasteiger partial charge on any atom is 0.276 e. The van der Waals surface area contributed by atoms with E-state index in [1.165, 1.54) is 0 Å². The van der Waals surface area contributed by atoms with E-state index in [0.29, 0.717) is 28.7 Å². The van der Waals surface area contributed by atoms with E-state index in [0.717, 1.165) is 36.6 Å². The summed E-state index contributed by atoms with van der Waals surface area (Å²) < 4.78 is 7.52. The molecule has 2 amide bonds. The van der Waals surface area contributed by atoms with Crippen LogP contribution in [0.15, 0.2) is 48.5 Å². The molecule has 0 radical (unpaired) electrons. The summed E-state index contributed by atoms with van der Waals surface area (Å²) in [6.07, 6.45) is 4.15. The van der Waals surface area contributed by atoms with Crippen LogP contribution >= 0.6 is 11.6 Å². The number of carbonyl (C=O) groups is 2. The van der Waals surface area contributed by atoms with Crippen molar-refractivity contribution in [2.24, 2.45) is 0 Å². The van der Waals surface area contributed by atoms with Crippen LogP contribution in [0.1, 0.15) is 43.1 Å². The number of aromatic nitrogens is 1. The zero-order valence-electron chi connectivity index (χ0n) is 18.2. The van der Waals surface area contributed by atoms with E-state index in [4.69, 9.17) is 16.3 Å². The molecule has 1 aliphatic heterocycles. The Labute approximate surface area is 192 Å². The van der Waals surface area contributed by atoms with Crippen molar-refractivity contribution in [2.75, 3.05) is 12.0 Å². The Morgan fingerprint density at radius 3 is 2.66 bits per heavy atom. The number of anilines is 1. The van der Waals surface area contributed by atoms with Gasteiger partial charge in [-0.25, -0.2) is 0 Å². The van der Waals surface area contributed by atoms with Crippen molar-refractivity contribution in [3.8, 4) is 5.75 Å². The summed E-state index contributed by atoms with van der Waals surface area (Å²) in [7, 11) is 1.55. The van der Waals surface area contributed by atoms with Crippen molar-refractivity contribution in [2.45, 2.75) is 50.7 Å². The number of methoxy groups -OCH3 is 1. The highest BCUT2D eigenvalue weighted by Crippen LogP contribution is 2.41. The number of benzene rings is 2. The minimum absolute atomic E-state index is 0.139. The van der Waals surface area contributed by atoms with Crippen LogP contribution in [0, 0.1) is 0 Å². The van der Waals surface area contributed by atoms with Crippen molar-refractivity contribution in [3.63, 3.8) is 0 Å². The fourth-order valence-electron chi connectivity index (χ4n) is 5.07. The summed E-state index contributed by atoms with van der Waals surface area (Å²) in [5, 5.41) is 4.65. The molecule has 1 aromatic heterocycles. The minimum Gasteiger partial charge on any atom is -0.495 e. The Morgan fingerprint density at radius 2 is 1.91 bits per heavy atom. The first-order chi connectivity index (χ1) is 15.4. The van der Waals surface area contributed by atoms with Crippen LogP contribution in [0.5, 0.6) is 5.75 Å². The number of nitrogens with zero attached hydrogens (tertiary/aromatic N) is 2. The molecule has 1 atom stereocenters. The first kappa shape index (κ1) is 20.9. The number of hydrogen-bond donors (Lipinski definition) is 1. The van der Waals surface area contributed by atoms with Gasteiger partial charge in [0.25, 0.3) is 5.91 Å². The molecular weight excluding hydrogens is 426 g/mol. The predicted molar refractivity (Wildman–Crippen MR) is 126 cm³/mol. The van der Waals surface area contributed by atoms with E-state index in [1.54, 1.807) is 30.2 Å². The van der Waals surface area contributed by atoms with E-state index in [-0.39, 0.29) is 17.9 Å². The lowest BCUT2D eigenvalue weighted by Gasteiger charge is -2.44. The lowest BCUT2D eigenvalue weighted by atomic mass is 9.93. The van der Waals surface area contributed by atoms with Crippen LogP contribution in [-0.2, 0) is 11.3 Å². The largest absolute Gasteiger partial charge is 0.495 e. The van der Waals surface area contributed by atoms with Crippen molar-refractivity contribution in [3.05, 3.63) is 59.2 Å². The SMILES string of the molecule is COc1ccc(Cl)cc1N1C(=O)c2cc3ccccc3n2C[C@]1(C)C(=O)NC1CCCC1. The van der Waals surface area contributed by atoms with Gasteiger partial charge in [0.05, 0.1) is 19.3 Å². The predicted octanol–water partition coefficient (Wildman–Crippen LogP) is 4.78. The monoisotopic (exact) mass is 451 g/mol. The number of halogens is 1. The molecule has 166 valence electrons. The van der Waals surface area contributed by atoms with Crippen LogP contribution in [0.25, 0.3) is 10.9 Å². The Kier molecular flexibility index (Phi) is 5.13. The number of para-hydroxylation sites is 1. The van der Waals surface area contributed by atoms with Gasteiger partial charge < -0.3 is 14.6 Å². The fourth-order valence-corrected chi connectivity index (χ4v) is 5.24. The zero-order chi connectivity index (χ0) is 22.5. The molecule has 1 fully saturated rings. The summed E-state index contributed by atoms with van der Waals surface area (Å²) in [5.74, 6) is 0.0764. The second kappa shape index (κ2) is 7.85. The fraction of sp³-hybridized carbons (Fsp3) is 0.360. The summed E-state index contributed by atoms with van der Waals surface area (Å²) >= 11 is 6.32. The van der Waals surface area contributed by atoms with Gasteiger partial charge in [-0.15, -0.1) is 0 Å². The third kappa shape index (κ3) is 3.25. The number of nitrogens with one attached hydrogen (secondary N) is 1. The Bertz CT molecular complexity index is 1210. The highest BCUT2D eigenvalue weighted by atomic mass is 35.5. The average molecular weight is 452 g/mol. The molecule has 2 aliphatic rings. The molecular formula is C25H26ClN3O3. The second-order valence-electron chi connectivity index (χ2n) is 8.86. The van der Waals surface area contributed by atoms with Gasteiger partial charge in [0.2, 0.25) is 5.91 Å². The van der Waals surface area contributed by atoms with Crippen LogP contribution in [-0.4, -0.2) is 35.1 Å². The molecule has 2 aromatic carbocycles. The molecule has 5 rings (SSSR count). The molecule has 0 spiro atoms. The normalized spacial score (nSPS) is 21.1. The van der Waals surface area contributed by atoms with Crippen LogP contribution in [0.2, 0.25) is 5.02 Å². The molecule has 0 saturated heterocycles. The summed E-state index contributed by atoms with van der Waals surface area (Å²) in [6.45, 7) is 2.16. The number of ether oxygens (including phenoxy) is 1. The van der Waals surface area contributed by atoms with Crippen molar-refractivity contribution < 1.29 is 14.3 Å². The van der Waals surface area contributed by atoms with Crippen molar-refractivity contribution in [1.82, 2.24) is 9.88 Å². The van der Waals surface area contributed by atoms with Crippen LogP contribution in [0.3, 0.4) is 0 Å². The molecule has 1 aliphatic carbocycles. The van der Waals surface area contributed by atoms with E-state index in [2.05, 4.69) is 5.32 Å². The first-order valence-corrected chi connectivity index (χ1v) is 11.4. The highest BCUT2D eigenvalue weighted by Gasteiger charge is 2.50. The summed E-state index contributed by atoms with van der Waals surface area (Å²) in [6, 6.07) is 15.0. The maximum absolute atomic E-state index is 14.0. The number of amides is 2. The molecule has 32 heavy (non-hydrogen) atoms. The standard InChI is InChI=1S/C25H26ClN3O3/c1-25(24(31)27-18-8-4-5-9-18)15-28-19-10-6-3-7-16(19)13-21(28)23(30)29(25)20-14-17(26)11-12-22(20)32-2/h3,6-7,10-14,18H,4-5,8-9,15H2,1-2H3,(H,27,31)/t25-/m1/s1. The van der Waals surface area contributed by atoms with Gasteiger partial charge in [0, 0.05) is 22.0 Å². The number of hydrogen-bond acceptors (Lipinski definition) is 3. The second-order valence-corrected chi connectivity index (χ2v) is 9.30. The molecule has 6 nitrogen and oxygen atoms in total. The van der Waals surface area contributed by atoms with Crippen molar-refractivity contribution in [1.29, 1.82) is 0 Å². The first-order valence-electron chi connectivity index (χ1n) is 11.0. The molecule has 2 heterocycles. The molecule has 0 unspecified atom stereocenters. The summed E-state index contributed by atoms with van der Waals surface area (Å²) in [4.78, 5) is 29.3. The summed E-state index contributed by atoms with van der Waals surface area (Å²) in [5.41, 5.74) is 0.810. The Balaban J connectivity index is 1.68. The lowest BCUT2D eigenvalue weighted by Crippen LogP contribution is -2.65. The van der Waals surface area contributed by atoms with Crippen LogP contribution in [0.4, 0.5) is 5.69 Å². The van der Waals surface area contributed by atoms with Gasteiger partial charge in [-0.2, -0.15) is 0 Å². The Morgan fingerprint density at radius 1 is 1.16 bits per heavy atom. The third-order valence-electron chi connectivity index (χ3n) is 6.75. The molecule has 1 saturated carbocycles. The highest BCUT2D eigenvalue weighted by molar-refractivity contribution is 6.31. The number of carbonyl (C=O) groups excluding carboxylic acids is 2. The van der Waals surface area contributed by atoms with E-state index in [9.17, 15) is 9.59 Å². The topological polar surface area (TPSA) is 63.6 Å². The molecule has 0 bridgehead atoms. The smallest absolute Gasteiger partial charge is 0.276 e. The molecule has 7 heteroatoms. The van der Waals surface area contributed by atoms with E-state index in [1.807, 2.05) is 41.8 Å². The third-order valence-corrected chi connectivity index (χ3v) is 6.99. The quantitative estimate of drug-likeness (QED) is 0.620. The van der Waals surface area contributed by atoms with E-state index < -0.39 is 5.54 Å². The molecule has 3 aromatic rings. The van der Waals surface area contributed by atoms with E-state index >= 15 is 0 Å². The maximum atomic E-state index is 14.0. The number of fused-ring (bicyclic) bond motifs is 3. The average Bonchev–Trinajstić information content (AvgIpc) is 3.42. The number of rotatable bonds is 4. The van der Waals surface area contributed by atoms with Gasteiger partial charge in [-0.05, 0) is 50.1 Å². The van der Waals surface area contributed by atoms with Gasteiger partial charge in [-0.3, -0.25) is 14.5 Å². The lowest BCUT2D eigenvalue weighted by molar-refractivity contribution is -0.127. The van der Waals surface area contributed by atoms with Gasteiger partial charge in [-0.1, -0.05) is 42.6 Å². The zero-order valence-corrected chi connectivity index (χ0v) is 19.0. The minimum atomic E-state index is -1.16. The van der Waals surface area contributed by atoms with Gasteiger partial charge in [0.15, 0.2) is 0 Å². The van der Waals surface area contributed by atoms with Gasteiger partial charge in [0.1, 0.15) is 17.0 Å². The Hall–Kier alpha value is -2.99.